The Morgan fingerprint density at radius 1 is 1.08 bits per heavy atom. The number of hydrogen-bond acceptors (Lipinski definition) is 5. The van der Waals surface area contributed by atoms with Gasteiger partial charge in [0.15, 0.2) is 0 Å². The van der Waals surface area contributed by atoms with Crippen molar-refractivity contribution < 1.29 is 24.2 Å². The van der Waals surface area contributed by atoms with Crippen molar-refractivity contribution in [2.45, 2.75) is 103 Å². The zero-order valence-electron chi connectivity index (χ0n) is 25.1. The molecule has 1 spiro atoms. The highest BCUT2D eigenvalue weighted by Crippen LogP contribution is 2.59. The van der Waals surface area contributed by atoms with Crippen LogP contribution in [0.4, 0.5) is 0 Å². The van der Waals surface area contributed by atoms with E-state index in [2.05, 4.69) is 47.8 Å². The van der Waals surface area contributed by atoms with Gasteiger partial charge in [0.25, 0.3) is 0 Å². The monoisotopic (exact) mass is 545 g/mol. The number of likely N-dealkylation sites (N-methyl/N-ethyl adjacent to an activating group) is 1. The first-order valence-electron chi connectivity index (χ1n) is 14.6. The molecule has 0 aliphatic carbocycles. The number of aliphatic hydroxyl groups excluding tert-OH is 1. The number of hydrogen-bond donors (Lipinski definition) is 1. The molecular weight excluding hydrogens is 494 g/mol. The smallest absolute Gasteiger partial charge is 0.249 e. The second-order valence-corrected chi connectivity index (χ2v) is 13.5. The van der Waals surface area contributed by atoms with Crippen LogP contribution in [0.15, 0.2) is 25.3 Å². The molecule has 0 radical (unpaired) electrons. The Bertz CT molecular complexity index is 941. The lowest BCUT2D eigenvalue weighted by Gasteiger charge is -2.45. The number of ether oxygens (including phenoxy) is 1. The number of rotatable bonds is 14. The van der Waals surface area contributed by atoms with Gasteiger partial charge in [-0.3, -0.25) is 14.4 Å². The first-order chi connectivity index (χ1) is 18.3. The average molecular weight is 546 g/mol. The van der Waals surface area contributed by atoms with E-state index in [1.165, 1.54) is 0 Å². The fourth-order valence-corrected chi connectivity index (χ4v) is 7.55. The Kier molecular flexibility index (Phi) is 9.75. The first kappa shape index (κ1) is 31.3. The number of carbonyl (C=O) groups excluding carboxylic acids is 3. The molecule has 3 fully saturated rings. The van der Waals surface area contributed by atoms with Crippen molar-refractivity contribution in [1.29, 1.82) is 0 Å². The molecule has 5 atom stereocenters. The third-order valence-corrected chi connectivity index (χ3v) is 8.68. The third kappa shape index (κ3) is 6.12. The second-order valence-electron chi connectivity index (χ2n) is 13.5. The van der Waals surface area contributed by atoms with Crippen molar-refractivity contribution >= 4 is 17.7 Å². The molecule has 220 valence electrons. The molecule has 1 N–H and O–H groups in total. The number of unbranched alkanes of at least 4 members (excludes halogenated alkanes) is 3. The van der Waals surface area contributed by atoms with Crippen LogP contribution < -0.4 is 0 Å². The highest BCUT2D eigenvalue weighted by Gasteiger charge is 2.75. The molecule has 3 aliphatic heterocycles. The molecule has 3 heterocycles. The van der Waals surface area contributed by atoms with Crippen LogP contribution in [0.3, 0.4) is 0 Å². The summed E-state index contributed by atoms with van der Waals surface area (Å²) in [5.74, 6) is -1.65. The number of carbonyl (C=O) groups is 3. The van der Waals surface area contributed by atoms with Gasteiger partial charge in [0, 0.05) is 38.8 Å². The minimum atomic E-state index is -1.00. The van der Waals surface area contributed by atoms with E-state index in [0.29, 0.717) is 38.9 Å². The molecule has 0 aromatic carbocycles. The lowest BCUT2D eigenvalue weighted by Crippen LogP contribution is -2.61. The summed E-state index contributed by atoms with van der Waals surface area (Å²) in [4.78, 5) is 47.6. The molecule has 8 heteroatoms. The van der Waals surface area contributed by atoms with Crippen molar-refractivity contribution in [2.24, 2.45) is 17.3 Å². The summed E-state index contributed by atoms with van der Waals surface area (Å²) in [6.07, 6.45) is 8.22. The van der Waals surface area contributed by atoms with Gasteiger partial charge in [-0.1, -0.05) is 45.8 Å². The van der Waals surface area contributed by atoms with Gasteiger partial charge in [0.2, 0.25) is 17.7 Å². The van der Waals surface area contributed by atoms with Crippen LogP contribution in [0.5, 0.6) is 0 Å². The molecule has 3 amide bonds. The predicted molar refractivity (Wildman–Crippen MR) is 153 cm³/mol. The van der Waals surface area contributed by atoms with Crippen LogP contribution in [-0.2, 0) is 19.1 Å². The fourth-order valence-electron chi connectivity index (χ4n) is 7.55. The van der Waals surface area contributed by atoms with Gasteiger partial charge in [0.05, 0.1) is 17.9 Å². The summed E-state index contributed by atoms with van der Waals surface area (Å²) in [6, 6.07) is -0.778. The average Bonchev–Trinajstić information content (AvgIpc) is 3.47. The van der Waals surface area contributed by atoms with Gasteiger partial charge in [0.1, 0.15) is 11.6 Å². The van der Waals surface area contributed by atoms with Crippen LogP contribution in [-0.4, -0.2) is 94.1 Å². The number of nitrogens with zero attached hydrogens (tertiary/aromatic N) is 3. The summed E-state index contributed by atoms with van der Waals surface area (Å²) in [5, 5.41) is 9.16. The molecule has 0 aromatic rings. The Morgan fingerprint density at radius 2 is 1.72 bits per heavy atom. The van der Waals surface area contributed by atoms with Gasteiger partial charge < -0.3 is 24.5 Å². The molecule has 3 saturated heterocycles. The highest BCUT2D eigenvalue weighted by atomic mass is 16.5. The summed E-state index contributed by atoms with van der Waals surface area (Å²) >= 11 is 0. The lowest BCUT2D eigenvalue weighted by molar-refractivity contribution is -0.153. The minimum Gasteiger partial charge on any atom is -0.396 e. The van der Waals surface area contributed by atoms with Crippen molar-refractivity contribution in [3.05, 3.63) is 25.3 Å². The standard InChI is InChI=1S/C31H51N3O5/c1-9-17-32(8)26(36)23-22-15-16-31(39-22)24(23)27(37)33(19-13-11-12-14-20-35)25(31)28(38)34(18-10-2)30(6,7)21-29(3,4)5/h9-10,22-25,35H,1-2,11-21H2,3-8H3/t22-,23+,24-,25?,31?/m0/s1. The van der Waals surface area contributed by atoms with Crippen LogP contribution >= 0.6 is 0 Å². The quantitative estimate of drug-likeness (QED) is 0.265. The Morgan fingerprint density at radius 3 is 2.31 bits per heavy atom. The SMILES string of the molecule is C=CCN(C)C(=O)[C@@H]1[C@@H]2CCC3(O2)C(C(=O)N(CC=C)C(C)(C)CC(C)(C)C)N(CCCCCCO)C(=O)[C@H]13. The van der Waals surface area contributed by atoms with Gasteiger partial charge in [-0.15, -0.1) is 13.2 Å². The van der Waals surface area contributed by atoms with E-state index < -0.39 is 29.0 Å². The van der Waals surface area contributed by atoms with Crippen LogP contribution in [0.25, 0.3) is 0 Å². The van der Waals surface area contributed by atoms with Crippen molar-refractivity contribution in [2.75, 3.05) is 33.3 Å². The van der Waals surface area contributed by atoms with E-state index >= 15 is 0 Å². The molecule has 0 aromatic heterocycles. The lowest BCUT2D eigenvalue weighted by atomic mass is 9.70. The molecule has 3 rings (SSSR count). The topological polar surface area (TPSA) is 90.4 Å². The number of fused-ring (bicyclic) bond motifs is 1. The maximum atomic E-state index is 14.7. The van der Waals surface area contributed by atoms with Crippen molar-refractivity contribution in [3.63, 3.8) is 0 Å². The highest BCUT2D eigenvalue weighted by molar-refractivity contribution is 5.99. The van der Waals surface area contributed by atoms with Crippen LogP contribution in [0, 0.1) is 17.3 Å². The molecule has 2 bridgehead atoms. The normalized spacial score (nSPS) is 28.0. The zero-order valence-corrected chi connectivity index (χ0v) is 25.1. The maximum absolute atomic E-state index is 14.7. The summed E-state index contributed by atoms with van der Waals surface area (Å²) in [6.45, 7) is 19.7. The Labute approximate surface area is 235 Å². The van der Waals surface area contributed by atoms with Gasteiger partial charge in [-0.25, -0.2) is 0 Å². The van der Waals surface area contributed by atoms with Gasteiger partial charge in [-0.05, 0) is 51.4 Å². The van der Waals surface area contributed by atoms with E-state index in [1.807, 2.05) is 4.90 Å². The van der Waals surface area contributed by atoms with Gasteiger partial charge >= 0.3 is 0 Å². The maximum Gasteiger partial charge on any atom is 0.249 e. The first-order valence-corrected chi connectivity index (χ1v) is 14.6. The number of likely N-dealkylation sites (tertiary alicyclic amines) is 1. The largest absolute Gasteiger partial charge is 0.396 e. The number of aliphatic hydroxyl groups is 1. The van der Waals surface area contributed by atoms with E-state index in [0.717, 1.165) is 25.7 Å². The van der Waals surface area contributed by atoms with E-state index in [-0.39, 0.29) is 35.8 Å². The molecule has 0 saturated carbocycles. The van der Waals surface area contributed by atoms with E-state index in [1.54, 1.807) is 29.0 Å². The Balaban J connectivity index is 2.02. The predicted octanol–water partition coefficient (Wildman–Crippen LogP) is 3.79. The van der Waals surface area contributed by atoms with E-state index in [9.17, 15) is 14.4 Å². The molecule has 8 nitrogen and oxygen atoms in total. The molecule has 39 heavy (non-hydrogen) atoms. The fraction of sp³-hybridized carbons (Fsp3) is 0.774. The van der Waals surface area contributed by atoms with Crippen LogP contribution in [0.1, 0.15) is 79.6 Å². The second kappa shape index (κ2) is 12.1. The third-order valence-electron chi connectivity index (χ3n) is 8.68. The molecule has 2 unspecified atom stereocenters. The van der Waals surface area contributed by atoms with Gasteiger partial charge in [-0.2, -0.15) is 0 Å². The summed E-state index contributed by atoms with van der Waals surface area (Å²) in [5.41, 5.74) is -1.50. The minimum absolute atomic E-state index is 0.0164. The zero-order chi connectivity index (χ0) is 29.2. The summed E-state index contributed by atoms with van der Waals surface area (Å²) < 4.78 is 6.62. The summed E-state index contributed by atoms with van der Waals surface area (Å²) in [7, 11) is 1.73. The van der Waals surface area contributed by atoms with Crippen molar-refractivity contribution in [3.8, 4) is 0 Å². The van der Waals surface area contributed by atoms with Crippen LogP contribution in [0.2, 0.25) is 0 Å². The molecule has 3 aliphatic rings. The van der Waals surface area contributed by atoms with Crippen molar-refractivity contribution in [1.82, 2.24) is 14.7 Å². The Hall–Kier alpha value is -2.19. The van der Waals surface area contributed by atoms with E-state index in [4.69, 9.17) is 9.84 Å². The number of amides is 3. The molecular formula is C31H51N3O5.